The molecule has 1 N–H and O–H groups in total. The number of ether oxygens (including phenoxy) is 2. The van der Waals surface area contributed by atoms with Gasteiger partial charge >= 0.3 is 0 Å². The topological polar surface area (TPSA) is 73.6 Å². The maximum absolute atomic E-state index is 12.0. The number of hydrogen-bond acceptors (Lipinski definition) is 5. The molecule has 23 heavy (non-hydrogen) atoms. The van der Waals surface area contributed by atoms with Crippen LogP contribution in [0, 0.1) is 13.8 Å². The van der Waals surface area contributed by atoms with Crippen molar-refractivity contribution in [3.8, 4) is 11.5 Å². The highest BCUT2D eigenvalue weighted by Gasteiger charge is 2.14. The van der Waals surface area contributed by atoms with E-state index in [4.69, 9.17) is 14.0 Å². The number of aromatic nitrogens is 1. The Hall–Kier alpha value is -2.50. The molecule has 2 aromatic rings. The molecule has 0 saturated heterocycles. The van der Waals surface area contributed by atoms with E-state index in [-0.39, 0.29) is 11.9 Å². The molecule has 6 nitrogen and oxygen atoms in total. The lowest BCUT2D eigenvalue weighted by molar-refractivity contribution is 0.0942. The van der Waals surface area contributed by atoms with Gasteiger partial charge in [0.15, 0.2) is 11.5 Å². The SMILES string of the molecule is COc1cc(C(=O)NC(C)C)ccc1OCc1c(C)noc1C. The van der Waals surface area contributed by atoms with Crippen molar-refractivity contribution < 1.29 is 18.8 Å². The number of nitrogens with zero attached hydrogens (tertiary/aromatic N) is 1. The van der Waals surface area contributed by atoms with Crippen LogP contribution in [-0.4, -0.2) is 24.2 Å². The van der Waals surface area contributed by atoms with E-state index in [1.807, 2.05) is 27.7 Å². The van der Waals surface area contributed by atoms with Crippen molar-refractivity contribution in [2.45, 2.75) is 40.3 Å². The minimum absolute atomic E-state index is 0.0731. The number of benzene rings is 1. The van der Waals surface area contributed by atoms with E-state index in [2.05, 4.69) is 10.5 Å². The van der Waals surface area contributed by atoms with E-state index < -0.39 is 0 Å². The molecule has 0 aliphatic rings. The van der Waals surface area contributed by atoms with Gasteiger partial charge in [-0.2, -0.15) is 0 Å². The van der Waals surface area contributed by atoms with Crippen molar-refractivity contribution in [3.05, 3.63) is 40.8 Å². The van der Waals surface area contributed by atoms with Crippen LogP contribution in [0.25, 0.3) is 0 Å². The first kappa shape index (κ1) is 16.9. The third kappa shape index (κ3) is 4.03. The smallest absolute Gasteiger partial charge is 0.251 e. The number of rotatable bonds is 6. The minimum atomic E-state index is -0.143. The quantitative estimate of drug-likeness (QED) is 0.886. The maximum atomic E-state index is 12.0. The molecule has 0 aliphatic carbocycles. The van der Waals surface area contributed by atoms with Crippen molar-refractivity contribution in [3.63, 3.8) is 0 Å². The van der Waals surface area contributed by atoms with Gasteiger partial charge < -0.3 is 19.3 Å². The summed E-state index contributed by atoms with van der Waals surface area (Å²) in [5.74, 6) is 1.66. The zero-order valence-electron chi connectivity index (χ0n) is 14.1. The third-order valence-corrected chi connectivity index (χ3v) is 3.40. The first-order valence-electron chi connectivity index (χ1n) is 7.45. The van der Waals surface area contributed by atoms with Crippen molar-refractivity contribution in [2.24, 2.45) is 0 Å². The lowest BCUT2D eigenvalue weighted by Gasteiger charge is -2.13. The molecule has 6 heteroatoms. The van der Waals surface area contributed by atoms with Crippen LogP contribution in [0.2, 0.25) is 0 Å². The summed E-state index contributed by atoms with van der Waals surface area (Å²) in [4.78, 5) is 12.0. The zero-order chi connectivity index (χ0) is 17.0. The van der Waals surface area contributed by atoms with E-state index in [9.17, 15) is 4.79 Å². The highest BCUT2D eigenvalue weighted by Crippen LogP contribution is 2.29. The number of methoxy groups -OCH3 is 1. The van der Waals surface area contributed by atoms with Crippen LogP contribution < -0.4 is 14.8 Å². The summed E-state index contributed by atoms with van der Waals surface area (Å²) in [6.07, 6.45) is 0. The van der Waals surface area contributed by atoms with Gasteiger partial charge in [-0.3, -0.25) is 4.79 Å². The Balaban J connectivity index is 2.15. The fraction of sp³-hybridized carbons (Fsp3) is 0.412. The molecule has 0 atom stereocenters. The van der Waals surface area contributed by atoms with E-state index >= 15 is 0 Å². The van der Waals surface area contributed by atoms with Crippen molar-refractivity contribution in [1.82, 2.24) is 10.5 Å². The molecule has 0 fully saturated rings. The summed E-state index contributed by atoms with van der Waals surface area (Å²) >= 11 is 0. The lowest BCUT2D eigenvalue weighted by atomic mass is 10.1. The molecule has 0 saturated carbocycles. The molecule has 0 bridgehead atoms. The number of hydrogen-bond donors (Lipinski definition) is 1. The summed E-state index contributed by atoms with van der Waals surface area (Å²) in [7, 11) is 1.54. The zero-order valence-corrected chi connectivity index (χ0v) is 14.1. The Labute approximate surface area is 135 Å². The van der Waals surface area contributed by atoms with Gasteiger partial charge in [-0.05, 0) is 45.9 Å². The standard InChI is InChI=1S/C17H22N2O4/c1-10(2)18-17(20)13-6-7-15(16(8-13)21-5)22-9-14-11(3)19-23-12(14)4/h6-8,10H,9H2,1-5H3,(H,18,20). The molecule has 0 unspecified atom stereocenters. The van der Waals surface area contributed by atoms with Crippen LogP contribution in [0.3, 0.4) is 0 Å². The molecule has 124 valence electrons. The van der Waals surface area contributed by atoms with Crippen LogP contribution in [0.15, 0.2) is 22.7 Å². The Morgan fingerprint density at radius 2 is 2.04 bits per heavy atom. The summed E-state index contributed by atoms with van der Waals surface area (Å²) < 4.78 is 16.2. The predicted molar refractivity (Wildman–Crippen MR) is 85.9 cm³/mol. The van der Waals surface area contributed by atoms with Crippen molar-refractivity contribution in [2.75, 3.05) is 7.11 Å². The van der Waals surface area contributed by atoms with Gasteiger partial charge in [-0.15, -0.1) is 0 Å². The number of nitrogens with one attached hydrogen (secondary N) is 1. The summed E-state index contributed by atoms with van der Waals surface area (Å²) in [6.45, 7) is 7.86. The van der Waals surface area contributed by atoms with Gasteiger partial charge in [-0.1, -0.05) is 5.16 Å². The molecule has 1 heterocycles. The van der Waals surface area contributed by atoms with Crippen LogP contribution >= 0.6 is 0 Å². The minimum Gasteiger partial charge on any atom is -0.493 e. The van der Waals surface area contributed by atoms with Gasteiger partial charge in [0.25, 0.3) is 5.91 Å². The molecule has 1 aromatic carbocycles. The Morgan fingerprint density at radius 1 is 1.30 bits per heavy atom. The monoisotopic (exact) mass is 318 g/mol. The predicted octanol–water partition coefficient (Wildman–Crippen LogP) is 3.02. The van der Waals surface area contributed by atoms with Crippen molar-refractivity contribution >= 4 is 5.91 Å². The molecular weight excluding hydrogens is 296 g/mol. The fourth-order valence-electron chi connectivity index (χ4n) is 2.13. The van der Waals surface area contributed by atoms with Gasteiger partial charge in [-0.25, -0.2) is 0 Å². The van der Waals surface area contributed by atoms with E-state index in [1.54, 1.807) is 25.3 Å². The van der Waals surface area contributed by atoms with E-state index in [1.165, 1.54) is 0 Å². The Bertz CT molecular complexity index is 672. The van der Waals surface area contributed by atoms with Crippen LogP contribution in [0.1, 0.15) is 41.2 Å². The molecule has 1 amide bonds. The second-order valence-corrected chi connectivity index (χ2v) is 5.59. The summed E-state index contributed by atoms with van der Waals surface area (Å²) in [6, 6.07) is 5.18. The molecule has 0 aliphatic heterocycles. The number of amides is 1. The first-order chi connectivity index (χ1) is 10.9. The summed E-state index contributed by atoms with van der Waals surface area (Å²) in [5, 5.41) is 6.74. The number of carbonyl (C=O) groups is 1. The van der Waals surface area contributed by atoms with E-state index in [0.29, 0.717) is 23.7 Å². The lowest BCUT2D eigenvalue weighted by Crippen LogP contribution is -2.30. The molecule has 2 rings (SSSR count). The average Bonchev–Trinajstić information content (AvgIpc) is 2.83. The van der Waals surface area contributed by atoms with Gasteiger partial charge in [0.2, 0.25) is 0 Å². The second kappa shape index (κ2) is 7.17. The summed E-state index contributed by atoms with van der Waals surface area (Å²) in [5.41, 5.74) is 2.24. The van der Waals surface area contributed by atoms with Crippen molar-refractivity contribution in [1.29, 1.82) is 0 Å². The Kier molecular flexibility index (Phi) is 5.26. The number of carbonyl (C=O) groups excluding carboxylic acids is 1. The van der Waals surface area contributed by atoms with Crippen LogP contribution in [0.4, 0.5) is 0 Å². The molecule has 1 aromatic heterocycles. The van der Waals surface area contributed by atoms with Crippen LogP contribution in [0.5, 0.6) is 11.5 Å². The number of aryl methyl sites for hydroxylation is 2. The Morgan fingerprint density at radius 3 is 2.61 bits per heavy atom. The van der Waals surface area contributed by atoms with E-state index in [0.717, 1.165) is 17.0 Å². The molecule has 0 radical (unpaired) electrons. The maximum Gasteiger partial charge on any atom is 0.251 e. The highest BCUT2D eigenvalue weighted by molar-refractivity contribution is 5.95. The van der Waals surface area contributed by atoms with Gasteiger partial charge in [0, 0.05) is 11.6 Å². The average molecular weight is 318 g/mol. The highest BCUT2D eigenvalue weighted by atomic mass is 16.5. The largest absolute Gasteiger partial charge is 0.493 e. The van der Waals surface area contributed by atoms with Crippen LogP contribution in [-0.2, 0) is 6.61 Å². The molecular formula is C17H22N2O4. The van der Waals surface area contributed by atoms with Gasteiger partial charge in [0.05, 0.1) is 18.4 Å². The third-order valence-electron chi connectivity index (χ3n) is 3.40. The molecule has 0 spiro atoms. The fourth-order valence-corrected chi connectivity index (χ4v) is 2.13. The first-order valence-corrected chi connectivity index (χ1v) is 7.45. The normalized spacial score (nSPS) is 10.7. The van der Waals surface area contributed by atoms with Gasteiger partial charge in [0.1, 0.15) is 12.4 Å². The second-order valence-electron chi connectivity index (χ2n) is 5.59.